The minimum Gasteiger partial charge on any atom is -0.350 e. The molecule has 1 aliphatic carbocycles. The lowest BCUT2D eigenvalue weighted by molar-refractivity contribution is -0.117. The van der Waals surface area contributed by atoms with E-state index in [4.69, 9.17) is 0 Å². The Kier molecular flexibility index (Phi) is 7.80. The van der Waals surface area contributed by atoms with Crippen LogP contribution in [0.1, 0.15) is 81.3 Å². The van der Waals surface area contributed by atoms with Gasteiger partial charge in [0.2, 0.25) is 15.9 Å². The van der Waals surface area contributed by atoms with Crippen LogP contribution in [0, 0.1) is 13.8 Å². The van der Waals surface area contributed by atoms with Crippen LogP contribution >= 0.6 is 0 Å². The fourth-order valence-corrected chi connectivity index (χ4v) is 6.49. The summed E-state index contributed by atoms with van der Waals surface area (Å²) in [7, 11) is -3.14. The van der Waals surface area contributed by atoms with E-state index in [-0.39, 0.29) is 17.7 Å². The van der Waals surface area contributed by atoms with Crippen molar-refractivity contribution in [3.63, 3.8) is 0 Å². The van der Waals surface area contributed by atoms with E-state index in [0.717, 1.165) is 5.56 Å². The maximum absolute atomic E-state index is 12.4. The number of carbonyl (C=O) groups is 1. The number of sulfonamides is 1. The van der Waals surface area contributed by atoms with Crippen LogP contribution in [-0.2, 0) is 14.8 Å². The Bertz CT molecular complexity index is 858. The Hall–Kier alpha value is -1.60. The molecule has 0 radical (unpaired) electrons. The van der Waals surface area contributed by atoms with Crippen molar-refractivity contribution in [1.82, 2.24) is 14.2 Å². The molecule has 1 aliphatic heterocycles. The predicted molar refractivity (Wildman–Crippen MR) is 122 cm³/mol. The Morgan fingerprint density at radius 3 is 2.43 bits per heavy atom. The molecule has 2 heterocycles. The van der Waals surface area contributed by atoms with E-state index in [1.807, 2.05) is 13.0 Å². The number of rotatable bonds is 7. The molecule has 168 valence electrons. The van der Waals surface area contributed by atoms with Crippen molar-refractivity contribution < 1.29 is 13.2 Å². The Balaban J connectivity index is 1.54. The summed E-state index contributed by atoms with van der Waals surface area (Å²) in [5.41, 5.74) is 3.60. The first-order chi connectivity index (χ1) is 14.3. The van der Waals surface area contributed by atoms with E-state index in [1.165, 1.54) is 43.5 Å². The van der Waals surface area contributed by atoms with Crippen LogP contribution in [0.3, 0.4) is 0 Å². The lowest BCUT2D eigenvalue weighted by atomic mass is 9.95. The topological polar surface area (TPSA) is 71.4 Å². The highest BCUT2D eigenvalue weighted by molar-refractivity contribution is 7.89. The van der Waals surface area contributed by atoms with Gasteiger partial charge in [0, 0.05) is 42.6 Å². The van der Waals surface area contributed by atoms with Crippen molar-refractivity contribution in [2.75, 3.05) is 18.8 Å². The molecule has 1 saturated heterocycles. The molecule has 0 atom stereocenters. The lowest BCUT2D eigenvalue weighted by Crippen LogP contribution is -2.46. The van der Waals surface area contributed by atoms with Crippen LogP contribution in [0.2, 0.25) is 0 Å². The van der Waals surface area contributed by atoms with Crippen LogP contribution in [-0.4, -0.2) is 48.1 Å². The van der Waals surface area contributed by atoms with Crippen molar-refractivity contribution in [2.45, 2.75) is 84.2 Å². The van der Waals surface area contributed by atoms with Gasteiger partial charge in [-0.25, -0.2) is 12.7 Å². The van der Waals surface area contributed by atoms with E-state index >= 15 is 0 Å². The quantitative estimate of drug-likeness (QED) is 0.659. The number of aromatic nitrogens is 1. The number of carbonyl (C=O) groups excluding carboxylic acids is 1. The molecule has 0 unspecified atom stereocenters. The van der Waals surface area contributed by atoms with Gasteiger partial charge in [-0.1, -0.05) is 26.2 Å². The van der Waals surface area contributed by atoms with Crippen LogP contribution in [0.25, 0.3) is 6.08 Å². The van der Waals surface area contributed by atoms with E-state index in [1.54, 1.807) is 10.4 Å². The Morgan fingerprint density at radius 2 is 1.80 bits per heavy atom. The number of aryl methyl sites for hydroxylation is 1. The Morgan fingerprint density at radius 1 is 1.13 bits per heavy atom. The molecular weight excluding hydrogens is 398 g/mol. The van der Waals surface area contributed by atoms with Crippen molar-refractivity contribution in [1.29, 1.82) is 0 Å². The highest BCUT2D eigenvalue weighted by Crippen LogP contribution is 2.32. The molecule has 7 heteroatoms. The van der Waals surface area contributed by atoms with Crippen molar-refractivity contribution in [3.8, 4) is 0 Å². The molecule has 2 aliphatic rings. The third kappa shape index (κ3) is 5.55. The molecule has 2 fully saturated rings. The largest absolute Gasteiger partial charge is 0.350 e. The average Bonchev–Trinajstić information content (AvgIpc) is 3.00. The molecule has 1 saturated carbocycles. The lowest BCUT2D eigenvalue weighted by Gasteiger charge is -2.31. The van der Waals surface area contributed by atoms with Gasteiger partial charge in [0.1, 0.15) is 0 Å². The van der Waals surface area contributed by atoms with Gasteiger partial charge in [0.15, 0.2) is 0 Å². The number of nitrogens with zero attached hydrogens (tertiary/aromatic N) is 2. The highest BCUT2D eigenvalue weighted by Gasteiger charge is 2.27. The van der Waals surface area contributed by atoms with Crippen LogP contribution in [0.5, 0.6) is 0 Å². The minimum absolute atomic E-state index is 0.0323. The molecule has 1 aromatic heterocycles. The van der Waals surface area contributed by atoms with E-state index < -0.39 is 10.0 Å². The second kappa shape index (κ2) is 10.1. The summed E-state index contributed by atoms with van der Waals surface area (Å²) in [6.45, 7) is 7.15. The number of hydrogen-bond acceptors (Lipinski definition) is 3. The zero-order valence-electron chi connectivity index (χ0n) is 18.7. The number of amides is 1. The van der Waals surface area contributed by atoms with Gasteiger partial charge in [0.25, 0.3) is 0 Å². The van der Waals surface area contributed by atoms with Crippen molar-refractivity contribution in [2.24, 2.45) is 0 Å². The third-order valence-corrected chi connectivity index (χ3v) is 8.61. The van der Waals surface area contributed by atoms with Crippen LogP contribution < -0.4 is 5.32 Å². The molecular formula is C23H37N3O3S. The fraction of sp³-hybridized carbons (Fsp3) is 0.696. The van der Waals surface area contributed by atoms with Gasteiger partial charge in [-0.05, 0) is 63.7 Å². The van der Waals surface area contributed by atoms with Gasteiger partial charge in [-0.15, -0.1) is 0 Å². The SMILES string of the molecule is CCCS(=O)(=O)N1CCC(NC(=O)C=Cc2cc(C)n(C3CCCCC3)c2C)CC1. The van der Waals surface area contributed by atoms with E-state index in [9.17, 15) is 13.2 Å². The Labute approximate surface area is 181 Å². The summed E-state index contributed by atoms with van der Waals surface area (Å²) in [6, 6.07) is 2.79. The van der Waals surface area contributed by atoms with Gasteiger partial charge in [0.05, 0.1) is 5.75 Å². The molecule has 6 nitrogen and oxygen atoms in total. The summed E-state index contributed by atoms with van der Waals surface area (Å²) < 4.78 is 28.4. The maximum atomic E-state index is 12.4. The zero-order chi connectivity index (χ0) is 21.7. The van der Waals surface area contributed by atoms with Gasteiger partial charge in [-0.2, -0.15) is 0 Å². The zero-order valence-corrected chi connectivity index (χ0v) is 19.5. The molecule has 1 aromatic rings. The highest BCUT2D eigenvalue weighted by atomic mass is 32.2. The predicted octanol–water partition coefficient (Wildman–Crippen LogP) is 3.94. The third-order valence-electron chi connectivity index (χ3n) is 6.53. The smallest absolute Gasteiger partial charge is 0.244 e. The second-order valence-electron chi connectivity index (χ2n) is 8.82. The summed E-state index contributed by atoms with van der Waals surface area (Å²) >= 11 is 0. The maximum Gasteiger partial charge on any atom is 0.244 e. The monoisotopic (exact) mass is 435 g/mol. The molecule has 30 heavy (non-hydrogen) atoms. The molecule has 3 rings (SSSR count). The minimum atomic E-state index is -3.14. The second-order valence-corrected chi connectivity index (χ2v) is 10.9. The first-order valence-electron chi connectivity index (χ1n) is 11.5. The summed E-state index contributed by atoms with van der Waals surface area (Å²) in [5.74, 6) is 0.0961. The molecule has 1 amide bonds. The molecule has 0 spiro atoms. The first-order valence-corrected chi connectivity index (χ1v) is 13.1. The standard InChI is InChI=1S/C23H37N3O3S/c1-4-16-30(28,29)25-14-12-21(13-15-25)24-23(27)11-10-20-17-18(2)26(19(20)3)22-8-6-5-7-9-22/h10-11,17,21-22H,4-9,12-16H2,1-3H3,(H,24,27). The van der Waals surface area contributed by atoms with Crippen LogP contribution in [0.15, 0.2) is 12.1 Å². The van der Waals surface area contributed by atoms with Crippen molar-refractivity contribution in [3.05, 3.63) is 29.1 Å². The van der Waals surface area contributed by atoms with Gasteiger partial charge >= 0.3 is 0 Å². The van der Waals surface area contributed by atoms with Crippen LogP contribution in [0.4, 0.5) is 0 Å². The molecule has 1 N–H and O–H groups in total. The van der Waals surface area contributed by atoms with Crippen molar-refractivity contribution >= 4 is 22.0 Å². The summed E-state index contributed by atoms with van der Waals surface area (Å²) in [6.07, 6.45) is 11.9. The van der Waals surface area contributed by atoms with Gasteiger partial charge in [-0.3, -0.25) is 4.79 Å². The first kappa shape index (κ1) is 23.1. The number of hydrogen-bond donors (Lipinski definition) is 1. The van der Waals surface area contributed by atoms with E-state index in [0.29, 0.717) is 38.4 Å². The van der Waals surface area contributed by atoms with E-state index in [2.05, 4.69) is 29.8 Å². The normalized spacial score (nSPS) is 20.1. The summed E-state index contributed by atoms with van der Waals surface area (Å²) in [4.78, 5) is 12.4. The number of nitrogens with one attached hydrogen (secondary N) is 1. The molecule has 0 aromatic carbocycles. The molecule has 0 bridgehead atoms. The summed E-state index contributed by atoms with van der Waals surface area (Å²) in [5, 5.41) is 3.04. The number of piperidine rings is 1. The average molecular weight is 436 g/mol. The fourth-order valence-electron chi connectivity index (χ4n) is 4.95. The van der Waals surface area contributed by atoms with Gasteiger partial charge < -0.3 is 9.88 Å².